The molecule has 1 aromatic carbocycles. The third-order valence-corrected chi connectivity index (χ3v) is 2.30. The lowest BCUT2D eigenvalue weighted by molar-refractivity contribution is 0.00505. The van der Waals surface area contributed by atoms with E-state index in [-0.39, 0.29) is 25.0 Å². The number of rotatable bonds is 7. The first kappa shape index (κ1) is 14.9. The van der Waals surface area contributed by atoms with Gasteiger partial charge in [-0.3, -0.25) is 0 Å². The number of benzene rings is 1. The Labute approximate surface area is 102 Å². The van der Waals surface area contributed by atoms with Crippen LogP contribution in [0.5, 0.6) is 0 Å². The molecule has 1 atom stereocenters. The molecule has 6 heteroatoms. The van der Waals surface area contributed by atoms with Crippen LogP contribution >= 0.6 is 0 Å². The number of hydrogen-bond donors (Lipinski definition) is 1. The highest BCUT2D eigenvalue weighted by molar-refractivity contribution is 5.19. The Kier molecular flexibility index (Phi) is 6.07. The zero-order valence-corrected chi connectivity index (χ0v) is 9.58. The monoisotopic (exact) mass is 266 g/mol. The fourth-order valence-corrected chi connectivity index (χ4v) is 1.45. The summed E-state index contributed by atoms with van der Waals surface area (Å²) in [6.45, 7) is -0.747. The molecule has 1 unspecified atom stereocenters. The fraction of sp³-hybridized carbons (Fsp3) is 0.500. The number of ether oxygens (including phenoxy) is 1. The Morgan fingerprint density at radius 3 is 2.61 bits per heavy atom. The van der Waals surface area contributed by atoms with Crippen molar-refractivity contribution in [2.75, 3.05) is 13.2 Å². The first-order chi connectivity index (χ1) is 8.49. The predicted octanol–water partition coefficient (Wildman–Crippen LogP) is 2.54. The number of alkyl halides is 2. The van der Waals surface area contributed by atoms with Crippen molar-refractivity contribution in [3.05, 3.63) is 35.4 Å². The second-order valence-electron chi connectivity index (χ2n) is 3.85. The lowest BCUT2D eigenvalue weighted by Crippen LogP contribution is -2.16. The molecule has 0 fully saturated rings. The summed E-state index contributed by atoms with van der Waals surface area (Å²) in [5.74, 6) is -1.20. The molecule has 1 rings (SSSR count). The van der Waals surface area contributed by atoms with E-state index in [1.54, 1.807) is 0 Å². The van der Waals surface area contributed by atoms with Crippen LogP contribution < -0.4 is 0 Å². The molecule has 102 valence electrons. The first-order valence-corrected chi connectivity index (χ1v) is 5.47. The van der Waals surface area contributed by atoms with Gasteiger partial charge in [0.25, 0.3) is 6.43 Å². The second-order valence-corrected chi connectivity index (χ2v) is 3.85. The lowest BCUT2D eigenvalue weighted by Gasteiger charge is -2.11. The standard InChI is InChI=1S/C12H14F4O2/c13-9-1-2-11(14)8(5-9)6-10(17)3-4-18-7-12(15)16/h1-2,5,10,12,17H,3-4,6-7H2. The summed E-state index contributed by atoms with van der Waals surface area (Å²) < 4.78 is 54.1. The molecule has 0 bridgehead atoms. The maximum Gasteiger partial charge on any atom is 0.261 e. The van der Waals surface area contributed by atoms with Crippen LogP contribution in [0.2, 0.25) is 0 Å². The number of halogens is 4. The topological polar surface area (TPSA) is 29.5 Å². The average molecular weight is 266 g/mol. The van der Waals surface area contributed by atoms with Gasteiger partial charge in [-0.15, -0.1) is 0 Å². The van der Waals surface area contributed by atoms with Gasteiger partial charge in [0.05, 0.1) is 6.10 Å². The van der Waals surface area contributed by atoms with Crippen molar-refractivity contribution < 1.29 is 27.4 Å². The summed E-state index contributed by atoms with van der Waals surface area (Å²) in [4.78, 5) is 0. The summed E-state index contributed by atoms with van der Waals surface area (Å²) in [5, 5.41) is 9.53. The van der Waals surface area contributed by atoms with Crippen LogP contribution in [0.4, 0.5) is 17.6 Å². The molecule has 0 aliphatic carbocycles. The van der Waals surface area contributed by atoms with Crippen LogP contribution in [0.3, 0.4) is 0 Å². The minimum absolute atomic E-state index is 0.0522. The molecule has 18 heavy (non-hydrogen) atoms. The van der Waals surface area contributed by atoms with Gasteiger partial charge < -0.3 is 9.84 Å². The largest absolute Gasteiger partial charge is 0.393 e. The van der Waals surface area contributed by atoms with E-state index >= 15 is 0 Å². The third-order valence-electron chi connectivity index (χ3n) is 2.30. The van der Waals surface area contributed by atoms with Crippen molar-refractivity contribution in [3.63, 3.8) is 0 Å². The molecule has 0 radical (unpaired) electrons. The predicted molar refractivity (Wildman–Crippen MR) is 57.5 cm³/mol. The summed E-state index contributed by atoms with van der Waals surface area (Å²) in [6.07, 6.45) is -3.51. The molecule has 0 amide bonds. The van der Waals surface area contributed by atoms with Gasteiger partial charge in [0.1, 0.15) is 18.2 Å². The summed E-state index contributed by atoms with van der Waals surface area (Å²) in [5.41, 5.74) is 0.0522. The molecule has 0 aliphatic rings. The summed E-state index contributed by atoms with van der Waals surface area (Å²) in [6, 6.07) is 2.96. The van der Waals surface area contributed by atoms with Crippen LogP contribution in [-0.4, -0.2) is 30.8 Å². The van der Waals surface area contributed by atoms with E-state index in [0.29, 0.717) is 0 Å². The second kappa shape index (κ2) is 7.33. The molecule has 0 aliphatic heterocycles. The molecule has 0 saturated heterocycles. The Bertz CT molecular complexity index is 371. The van der Waals surface area contributed by atoms with Gasteiger partial charge in [0.2, 0.25) is 0 Å². The van der Waals surface area contributed by atoms with Crippen molar-refractivity contribution in [1.82, 2.24) is 0 Å². The molecule has 1 aromatic rings. The maximum absolute atomic E-state index is 13.2. The Hall–Kier alpha value is -1.14. The molecular formula is C12H14F4O2. The van der Waals surface area contributed by atoms with E-state index in [9.17, 15) is 22.7 Å². The Morgan fingerprint density at radius 1 is 1.22 bits per heavy atom. The van der Waals surface area contributed by atoms with Gasteiger partial charge in [0, 0.05) is 13.0 Å². The molecule has 0 heterocycles. The highest BCUT2D eigenvalue weighted by atomic mass is 19.3. The van der Waals surface area contributed by atoms with Gasteiger partial charge in [0.15, 0.2) is 0 Å². The minimum atomic E-state index is -2.55. The highest BCUT2D eigenvalue weighted by Crippen LogP contribution is 2.13. The van der Waals surface area contributed by atoms with Crippen molar-refractivity contribution in [2.45, 2.75) is 25.4 Å². The van der Waals surface area contributed by atoms with Crippen LogP contribution in [0, 0.1) is 11.6 Å². The van der Waals surface area contributed by atoms with E-state index in [0.717, 1.165) is 18.2 Å². The molecular weight excluding hydrogens is 252 g/mol. The van der Waals surface area contributed by atoms with Crippen molar-refractivity contribution in [3.8, 4) is 0 Å². The number of aliphatic hydroxyl groups excluding tert-OH is 1. The Morgan fingerprint density at radius 2 is 1.94 bits per heavy atom. The lowest BCUT2D eigenvalue weighted by atomic mass is 10.1. The van der Waals surface area contributed by atoms with Crippen LogP contribution in [0.1, 0.15) is 12.0 Å². The van der Waals surface area contributed by atoms with Crippen LogP contribution in [0.25, 0.3) is 0 Å². The molecule has 0 saturated carbocycles. The van der Waals surface area contributed by atoms with Gasteiger partial charge in [-0.25, -0.2) is 17.6 Å². The summed E-state index contributed by atoms with van der Waals surface area (Å²) >= 11 is 0. The average Bonchev–Trinajstić information content (AvgIpc) is 2.29. The van der Waals surface area contributed by atoms with E-state index in [2.05, 4.69) is 4.74 Å². The molecule has 1 N–H and O–H groups in total. The van der Waals surface area contributed by atoms with Gasteiger partial charge >= 0.3 is 0 Å². The third kappa shape index (κ3) is 5.46. The number of aliphatic hydroxyl groups is 1. The minimum Gasteiger partial charge on any atom is -0.393 e. The smallest absolute Gasteiger partial charge is 0.261 e. The fourth-order valence-electron chi connectivity index (χ4n) is 1.45. The van der Waals surface area contributed by atoms with Crippen molar-refractivity contribution in [1.29, 1.82) is 0 Å². The number of hydrogen-bond acceptors (Lipinski definition) is 2. The highest BCUT2D eigenvalue weighted by Gasteiger charge is 2.11. The Balaban J connectivity index is 2.35. The van der Waals surface area contributed by atoms with E-state index in [1.165, 1.54) is 0 Å². The zero-order valence-electron chi connectivity index (χ0n) is 9.58. The van der Waals surface area contributed by atoms with Crippen LogP contribution in [-0.2, 0) is 11.2 Å². The van der Waals surface area contributed by atoms with Gasteiger partial charge in [-0.2, -0.15) is 0 Å². The normalized spacial score (nSPS) is 13.0. The van der Waals surface area contributed by atoms with Crippen LogP contribution in [0.15, 0.2) is 18.2 Å². The maximum atomic E-state index is 13.2. The first-order valence-electron chi connectivity index (χ1n) is 5.47. The zero-order chi connectivity index (χ0) is 13.5. The van der Waals surface area contributed by atoms with Crippen molar-refractivity contribution >= 4 is 0 Å². The van der Waals surface area contributed by atoms with E-state index in [1.807, 2.05) is 0 Å². The molecule has 0 aromatic heterocycles. The van der Waals surface area contributed by atoms with Gasteiger partial charge in [-0.1, -0.05) is 0 Å². The SMILES string of the molecule is OC(CCOCC(F)F)Cc1cc(F)ccc1F. The van der Waals surface area contributed by atoms with Crippen molar-refractivity contribution in [2.24, 2.45) is 0 Å². The molecule has 2 nitrogen and oxygen atoms in total. The van der Waals surface area contributed by atoms with E-state index < -0.39 is 30.8 Å². The quantitative estimate of drug-likeness (QED) is 0.607. The summed E-state index contributed by atoms with van der Waals surface area (Å²) in [7, 11) is 0. The van der Waals surface area contributed by atoms with E-state index in [4.69, 9.17) is 0 Å². The molecule has 0 spiro atoms. The van der Waals surface area contributed by atoms with Gasteiger partial charge in [-0.05, 0) is 30.2 Å².